The molecule has 0 radical (unpaired) electrons. The molecule has 0 aliphatic heterocycles. The summed E-state index contributed by atoms with van der Waals surface area (Å²) in [4.78, 5) is 12.5. The number of ether oxygens (including phenoxy) is 1. The number of methoxy groups -OCH3 is 1. The molecule has 104 valence electrons. The number of rotatable bonds is 3. The van der Waals surface area contributed by atoms with Crippen molar-refractivity contribution < 1.29 is 13.9 Å². The van der Waals surface area contributed by atoms with Gasteiger partial charge in [0.25, 0.3) is 0 Å². The van der Waals surface area contributed by atoms with Crippen molar-refractivity contribution in [3.63, 3.8) is 0 Å². The largest absolute Gasteiger partial charge is 0.496 e. The molecule has 0 heterocycles. The lowest BCUT2D eigenvalue weighted by Crippen LogP contribution is -2.06. The zero-order valence-electron chi connectivity index (χ0n) is 10.4. The summed E-state index contributed by atoms with van der Waals surface area (Å²) in [5.74, 6) is -0.772. The van der Waals surface area contributed by atoms with Gasteiger partial charge in [-0.1, -0.05) is 11.6 Å². The smallest absolute Gasteiger partial charge is 0.198 e. The summed E-state index contributed by atoms with van der Waals surface area (Å²) in [6.07, 6.45) is 0. The minimum absolute atomic E-state index is 0.134. The van der Waals surface area contributed by atoms with Crippen LogP contribution in [0.1, 0.15) is 15.9 Å². The van der Waals surface area contributed by atoms with Crippen molar-refractivity contribution in [1.82, 2.24) is 0 Å². The third-order valence-corrected chi connectivity index (χ3v) is 3.66. The highest BCUT2D eigenvalue weighted by Crippen LogP contribution is 2.30. The van der Waals surface area contributed by atoms with Crippen molar-refractivity contribution >= 4 is 39.0 Å². The first-order valence-corrected chi connectivity index (χ1v) is 6.74. The molecular formula is C14H10BrClFNO2. The summed E-state index contributed by atoms with van der Waals surface area (Å²) in [6.45, 7) is 0. The molecule has 0 unspecified atom stereocenters. The molecule has 0 saturated heterocycles. The van der Waals surface area contributed by atoms with Gasteiger partial charge in [0.1, 0.15) is 11.6 Å². The van der Waals surface area contributed by atoms with Gasteiger partial charge >= 0.3 is 0 Å². The van der Waals surface area contributed by atoms with Gasteiger partial charge < -0.3 is 10.5 Å². The van der Waals surface area contributed by atoms with E-state index < -0.39 is 5.82 Å². The number of hydrogen-bond donors (Lipinski definition) is 1. The average Bonchev–Trinajstić information content (AvgIpc) is 2.43. The van der Waals surface area contributed by atoms with Gasteiger partial charge in [-0.2, -0.15) is 0 Å². The molecule has 0 bridgehead atoms. The lowest BCUT2D eigenvalue weighted by Gasteiger charge is -2.10. The van der Waals surface area contributed by atoms with E-state index in [0.29, 0.717) is 5.69 Å². The molecule has 2 aromatic carbocycles. The van der Waals surface area contributed by atoms with Gasteiger partial charge in [-0.15, -0.1) is 0 Å². The van der Waals surface area contributed by atoms with Crippen molar-refractivity contribution in [3.8, 4) is 5.75 Å². The van der Waals surface area contributed by atoms with Crippen LogP contribution in [0.15, 0.2) is 34.8 Å². The van der Waals surface area contributed by atoms with Crippen LogP contribution in [0, 0.1) is 5.82 Å². The van der Waals surface area contributed by atoms with Gasteiger partial charge in [0, 0.05) is 17.3 Å². The molecule has 0 fully saturated rings. The number of nitrogen functional groups attached to an aromatic ring is 1. The summed E-state index contributed by atoms with van der Waals surface area (Å²) in [6, 6.07) is 7.10. The maximum absolute atomic E-state index is 13.5. The molecule has 0 atom stereocenters. The summed E-state index contributed by atoms with van der Waals surface area (Å²) in [5.41, 5.74) is 6.51. The second kappa shape index (κ2) is 5.81. The Balaban J connectivity index is 2.58. The van der Waals surface area contributed by atoms with E-state index in [4.69, 9.17) is 22.1 Å². The Labute approximate surface area is 128 Å². The van der Waals surface area contributed by atoms with E-state index in [0.717, 1.165) is 6.07 Å². The molecule has 0 spiro atoms. The molecule has 2 aromatic rings. The number of carbonyl (C=O) groups excluding carboxylic acids is 1. The van der Waals surface area contributed by atoms with Crippen molar-refractivity contribution in [2.75, 3.05) is 12.8 Å². The van der Waals surface area contributed by atoms with Crippen LogP contribution >= 0.6 is 27.5 Å². The normalized spacial score (nSPS) is 10.4. The second-order valence-electron chi connectivity index (χ2n) is 4.04. The number of halogens is 3. The van der Waals surface area contributed by atoms with Gasteiger partial charge in [0.15, 0.2) is 5.78 Å². The topological polar surface area (TPSA) is 52.3 Å². The molecule has 0 aliphatic rings. The highest BCUT2D eigenvalue weighted by atomic mass is 79.9. The molecule has 20 heavy (non-hydrogen) atoms. The zero-order valence-corrected chi connectivity index (χ0v) is 12.8. The van der Waals surface area contributed by atoms with Crippen LogP contribution in [0.25, 0.3) is 0 Å². The predicted molar refractivity (Wildman–Crippen MR) is 79.9 cm³/mol. The van der Waals surface area contributed by atoms with E-state index >= 15 is 0 Å². The van der Waals surface area contributed by atoms with Crippen molar-refractivity contribution in [3.05, 3.63) is 56.8 Å². The molecular weight excluding hydrogens is 349 g/mol. The number of benzene rings is 2. The minimum Gasteiger partial charge on any atom is -0.496 e. The maximum atomic E-state index is 13.5. The molecule has 0 saturated carbocycles. The second-order valence-corrected chi connectivity index (χ2v) is 5.30. The van der Waals surface area contributed by atoms with E-state index in [9.17, 15) is 9.18 Å². The van der Waals surface area contributed by atoms with E-state index in [1.54, 1.807) is 6.07 Å². The molecule has 0 aliphatic carbocycles. The molecule has 2 N–H and O–H groups in total. The van der Waals surface area contributed by atoms with Gasteiger partial charge in [-0.3, -0.25) is 4.79 Å². The fourth-order valence-electron chi connectivity index (χ4n) is 1.74. The Hall–Kier alpha value is -1.59. The zero-order chi connectivity index (χ0) is 14.9. The fraction of sp³-hybridized carbons (Fsp3) is 0.0714. The highest BCUT2D eigenvalue weighted by Gasteiger charge is 2.19. The van der Waals surface area contributed by atoms with Crippen molar-refractivity contribution in [2.45, 2.75) is 0 Å². The van der Waals surface area contributed by atoms with E-state index in [1.165, 1.54) is 25.3 Å². The summed E-state index contributed by atoms with van der Waals surface area (Å²) in [7, 11) is 1.36. The first-order valence-electron chi connectivity index (χ1n) is 5.56. The third kappa shape index (κ3) is 2.78. The van der Waals surface area contributed by atoms with Gasteiger partial charge in [0.05, 0.1) is 22.2 Å². The Morgan fingerprint density at radius 1 is 1.30 bits per heavy atom. The number of ketones is 1. The van der Waals surface area contributed by atoms with E-state index in [-0.39, 0.29) is 32.2 Å². The van der Waals surface area contributed by atoms with Crippen LogP contribution < -0.4 is 10.5 Å². The Morgan fingerprint density at radius 3 is 2.65 bits per heavy atom. The van der Waals surface area contributed by atoms with Crippen LogP contribution in [0.2, 0.25) is 5.02 Å². The monoisotopic (exact) mass is 357 g/mol. The molecule has 3 nitrogen and oxygen atoms in total. The number of carbonyl (C=O) groups is 1. The van der Waals surface area contributed by atoms with Gasteiger partial charge in [0.2, 0.25) is 0 Å². The third-order valence-electron chi connectivity index (χ3n) is 2.72. The van der Waals surface area contributed by atoms with Crippen LogP contribution in [-0.2, 0) is 0 Å². The van der Waals surface area contributed by atoms with Crippen molar-refractivity contribution in [1.29, 1.82) is 0 Å². The van der Waals surface area contributed by atoms with Crippen LogP contribution in [0.4, 0.5) is 10.1 Å². The molecule has 6 heteroatoms. The van der Waals surface area contributed by atoms with Crippen LogP contribution in [0.5, 0.6) is 5.75 Å². The predicted octanol–water partition coefficient (Wildman–Crippen LogP) is 4.06. The summed E-state index contributed by atoms with van der Waals surface area (Å²) >= 11 is 9.05. The van der Waals surface area contributed by atoms with Crippen LogP contribution in [0.3, 0.4) is 0 Å². The van der Waals surface area contributed by atoms with Crippen LogP contribution in [-0.4, -0.2) is 12.9 Å². The number of hydrogen-bond acceptors (Lipinski definition) is 3. The minimum atomic E-state index is -0.517. The molecule has 2 rings (SSSR count). The highest BCUT2D eigenvalue weighted by molar-refractivity contribution is 9.10. The standard InChI is InChI=1S/C14H10BrClFNO2/c1-20-13-6-12(17)10(15)5-9(13)14(19)8-4-7(18)2-3-11(8)16/h2-6H,18H2,1H3. The summed E-state index contributed by atoms with van der Waals surface area (Å²) in [5, 5.41) is 0.270. The molecule has 0 aromatic heterocycles. The quantitative estimate of drug-likeness (QED) is 0.665. The van der Waals surface area contributed by atoms with Crippen molar-refractivity contribution in [2.24, 2.45) is 0 Å². The Morgan fingerprint density at radius 2 is 2.00 bits per heavy atom. The Kier molecular flexibility index (Phi) is 4.30. The van der Waals surface area contributed by atoms with Gasteiger partial charge in [-0.05, 0) is 40.2 Å². The molecule has 0 amide bonds. The maximum Gasteiger partial charge on any atom is 0.198 e. The average molecular weight is 359 g/mol. The Bertz CT molecular complexity index is 691. The fourth-order valence-corrected chi connectivity index (χ4v) is 2.28. The lowest BCUT2D eigenvalue weighted by molar-refractivity contribution is 0.103. The lowest BCUT2D eigenvalue weighted by atomic mass is 10.0. The number of anilines is 1. The summed E-state index contributed by atoms with van der Waals surface area (Å²) < 4.78 is 18.7. The van der Waals surface area contributed by atoms with Gasteiger partial charge in [-0.25, -0.2) is 4.39 Å². The SMILES string of the molecule is COc1cc(F)c(Br)cc1C(=O)c1cc(N)ccc1Cl. The van der Waals surface area contributed by atoms with E-state index in [1.807, 2.05) is 0 Å². The number of nitrogens with two attached hydrogens (primary N) is 1. The van der Waals surface area contributed by atoms with E-state index in [2.05, 4.69) is 15.9 Å². The first kappa shape index (κ1) is 14.8. The first-order chi connectivity index (χ1) is 9.43.